The van der Waals surface area contributed by atoms with E-state index in [-0.39, 0.29) is 58.4 Å². The van der Waals surface area contributed by atoms with Crippen LogP contribution in [0, 0.1) is 0 Å². The van der Waals surface area contributed by atoms with Crippen molar-refractivity contribution in [1.82, 2.24) is 0 Å². The first-order chi connectivity index (χ1) is 38.0. The summed E-state index contributed by atoms with van der Waals surface area (Å²) in [6, 6.07) is 12.4. The van der Waals surface area contributed by atoms with E-state index in [1.54, 1.807) is 0 Å². The van der Waals surface area contributed by atoms with Gasteiger partial charge in [0.15, 0.2) is 0 Å². The second-order valence-electron chi connectivity index (χ2n) is 23.4. The van der Waals surface area contributed by atoms with E-state index in [4.69, 9.17) is 24.5 Å². The Hall–Kier alpha value is 2.15. The van der Waals surface area contributed by atoms with Gasteiger partial charge in [0.2, 0.25) is 9.79 Å². The fraction of sp³-hybridized carbons (Fsp3) is 0.824. The van der Waals surface area contributed by atoms with Gasteiger partial charge in [0.05, 0.1) is 0 Å². The summed E-state index contributed by atoms with van der Waals surface area (Å²) < 4.78 is 0. The average molecular weight is 1390 g/mol. The van der Waals surface area contributed by atoms with Crippen molar-refractivity contribution < 1.29 is 78.0 Å². The molecule has 0 unspecified atom stereocenters. The molecular weight excluding hydrogens is 1270 g/mol. The van der Waals surface area contributed by atoms with Gasteiger partial charge in [-0.05, 0) is 62.5 Å². The molecule has 0 aliphatic carbocycles. The van der Waals surface area contributed by atoms with Gasteiger partial charge in [-0.15, -0.1) is 11.4 Å². The van der Waals surface area contributed by atoms with Crippen LogP contribution < -0.4 is 19.6 Å². The maximum absolute atomic E-state index is 11.9. The molecule has 0 amide bonds. The zero-order chi connectivity index (χ0) is 56.9. The molecule has 2 rings (SSSR count). The number of hydrogen-bond acceptors (Lipinski definition) is 6. The minimum atomic E-state index is -3.81. The first-order valence-corrected chi connectivity index (χ1v) is 41.7. The van der Waals surface area contributed by atoms with Gasteiger partial charge in [0.1, 0.15) is 21.9 Å². The van der Waals surface area contributed by atoms with Crippen LogP contribution >= 0.6 is 11.4 Å². The van der Waals surface area contributed by atoms with Crippen LogP contribution in [-0.2, 0) is 130 Å². The number of benzene rings is 2. The zero-order valence-electron chi connectivity index (χ0n) is 53.5. The summed E-state index contributed by atoms with van der Waals surface area (Å²) in [6.45, 7) is 9.11. The summed E-state index contributed by atoms with van der Waals surface area (Å²) in [5.41, 5.74) is -2.44. The third-order valence-corrected chi connectivity index (χ3v) is 21.5. The van der Waals surface area contributed by atoms with E-state index in [1.807, 2.05) is 24.3 Å². The Morgan fingerprint density at radius 1 is 0.272 bits per heavy atom. The topological polar surface area (TPSA) is 92.2 Å². The van der Waals surface area contributed by atoms with Crippen LogP contribution in [0.1, 0.15) is 358 Å². The summed E-state index contributed by atoms with van der Waals surface area (Å²) in [6.07, 6.45) is 68.8. The molecule has 0 radical (unpaired) electrons. The summed E-state index contributed by atoms with van der Waals surface area (Å²) in [5.74, 6) is 0. The third kappa shape index (κ3) is 57.1. The molecule has 0 N–H and O–H groups in total. The van der Waals surface area contributed by atoms with Gasteiger partial charge in [0, 0.05) is 23.3 Å². The predicted octanol–water partition coefficient (Wildman–Crippen LogP) is 21.1. The fourth-order valence-electron chi connectivity index (χ4n) is 11.3. The van der Waals surface area contributed by atoms with Crippen molar-refractivity contribution in [2.45, 2.75) is 371 Å². The van der Waals surface area contributed by atoms with Gasteiger partial charge in [-0.25, -0.2) is 0 Å². The van der Waals surface area contributed by atoms with E-state index < -0.39 is 11.4 Å². The number of unbranched alkanes of at least 4 members (excludes halogenated alkanes) is 44. The summed E-state index contributed by atoms with van der Waals surface area (Å²) in [7, 11) is 1.80. The molecule has 0 saturated carbocycles. The molecule has 0 atom stereocenters. The number of aryl methyl sites for hydroxylation is 2. The van der Waals surface area contributed by atoms with Crippen molar-refractivity contribution in [2.24, 2.45) is 0 Å². The monoisotopic (exact) mass is 1380 g/mol. The van der Waals surface area contributed by atoms with Crippen LogP contribution in [0.4, 0.5) is 0 Å². The second kappa shape index (κ2) is 63.7. The normalized spacial score (nSPS) is 11.4. The van der Waals surface area contributed by atoms with Crippen molar-refractivity contribution in [3.8, 4) is 0 Å². The van der Waals surface area contributed by atoms with Crippen molar-refractivity contribution in [3.63, 3.8) is 0 Å². The van der Waals surface area contributed by atoms with Gasteiger partial charge in [0.25, 0.3) is 0 Å². The van der Waals surface area contributed by atoms with Gasteiger partial charge in [-0.2, -0.15) is 0 Å². The van der Waals surface area contributed by atoms with Crippen molar-refractivity contribution in [3.05, 3.63) is 58.7 Å². The Kier molecular flexibility index (Phi) is 68.7. The van der Waals surface area contributed by atoms with Gasteiger partial charge >= 0.3 is 58.4 Å². The van der Waals surface area contributed by atoms with E-state index in [1.165, 1.54) is 318 Å². The molecule has 0 aliphatic heterocycles. The standard InChI is InChI=1S/2C34H61O2PS2.3Zn/c2*1-3-5-7-9-11-13-15-17-19-21-23-25-28-32-29-27-31-34(39-37(35,36)38)33(32)30-26-24-22-20-18-16-14-12-10-8-6-4-2;;;/h2*27,29,31H,3-26,28,30H2,1-2H3;;;/q2*-2;3*+2. The van der Waals surface area contributed by atoms with Gasteiger partial charge in [-0.3, -0.25) is 0 Å². The Labute approximate surface area is 560 Å². The summed E-state index contributed by atoms with van der Waals surface area (Å²) in [5, 5.41) is 0. The van der Waals surface area contributed by atoms with E-state index in [9.17, 15) is 19.6 Å². The molecule has 2 aromatic carbocycles. The minimum absolute atomic E-state index is 0. The molecule has 13 heteroatoms. The van der Waals surface area contributed by atoms with Crippen molar-refractivity contribution in [1.29, 1.82) is 0 Å². The minimum Gasteiger partial charge on any atom is -0.815 e. The molecule has 0 heterocycles. The molecule has 0 aliphatic rings. The van der Waals surface area contributed by atoms with Crippen LogP contribution in [0.5, 0.6) is 0 Å². The van der Waals surface area contributed by atoms with Crippen molar-refractivity contribution in [2.75, 3.05) is 0 Å². The van der Waals surface area contributed by atoms with Crippen LogP contribution in [0.2, 0.25) is 0 Å². The Morgan fingerprint density at radius 2 is 0.444 bits per heavy atom. The molecular formula is C68H122O4P2S4Zn3+2. The Morgan fingerprint density at radius 3 is 0.630 bits per heavy atom. The number of rotatable bonds is 54. The molecule has 456 valence electrons. The molecule has 0 saturated heterocycles. The van der Waals surface area contributed by atoms with E-state index in [0.717, 1.165) is 70.2 Å². The first kappa shape index (κ1) is 87.4. The van der Waals surface area contributed by atoms with Gasteiger partial charge in [-0.1, -0.05) is 334 Å². The maximum atomic E-state index is 11.9. The molecule has 0 spiro atoms. The van der Waals surface area contributed by atoms with E-state index in [2.05, 4.69) is 39.8 Å². The SMILES string of the molecule is CCCCCCCCCCCCCCc1cccc([S+]=P([O-])([O-])[S-])c1CCCCCCCCCCCCCC.CCCCCCCCCCCCCCc1cccc([S+]=P([O-])([O-])[S-])c1CCCCCCCCCCCCCC.[Zn+2].[Zn+2].[Zn+2]. The molecule has 0 aromatic heterocycles. The quantitative estimate of drug-likeness (QED) is 0.0215. The largest absolute Gasteiger partial charge is 2.00 e. The predicted molar refractivity (Wildman–Crippen MR) is 352 cm³/mol. The fourth-order valence-corrected chi connectivity index (χ4v) is 16.6. The third-order valence-electron chi connectivity index (χ3n) is 16.0. The van der Waals surface area contributed by atoms with Crippen LogP contribution in [-0.4, -0.2) is 0 Å². The molecule has 2 aromatic rings. The molecule has 0 bridgehead atoms. The van der Waals surface area contributed by atoms with E-state index >= 15 is 0 Å². The summed E-state index contributed by atoms with van der Waals surface area (Å²) in [4.78, 5) is 49.4. The molecule has 4 nitrogen and oxygen atoms in total. The van der Waals surface area contributed by atoms with E-state index in [0.29, 0.717) is 0 Å². The van der Waals surface area contributed by atoms with Crippen LogP contribution in [0.25, 0.3) is 0 Å². The average Bonchev–Trinajstić information content (AvgIpc) is 3.40. The zero-order valence-corrected chi connectivity index (χ0v) is 67.5. The van der Waals surface area contributed by atoms with Crippen LogP contribution in [0.3, 0.4) is 0 Å². The van der Waals surface area contributed by atoms with Crippen molar-refractivity contribution >= 4 is 57.8 Å². The Balaban J connectivity index is -0.00000145. The number of hydrogen-bond donors (Lipinski definition) is 0. The van der Waals surface area contributed by atoms with Gasteiger partial charge < -0.3 is 44.1 Å². The van der Waals surface area contributed by atoms with Crippen LogP contribution in [0.15, 0.2) is 46.2 Å². The molecule has 0 fully saturated rings. The second-order valence-corrected chi connectivity index (χ2v) is 34.7. The smallest absolute Gasteiger partial charge is 0.815 e. The first-order valence-electron chi connectivity index (χ1n) is 33.6. The maximum Gasteiger partial charge on any atom is 2.00 e. The summed E-state index contributed by atoms with van der Waals surface area (Å²) >= 11 is 9.52. The molecule has 81 heavy (non-hydrogen) atoms. The Bertz CT molecular complexity index is 1620.